The zero-order chi connectivity index (χ0) is 18.0. The molecule has 0 N–H and O–H groups in total. The second-order valence-electron chi connectivity index (χ2n) is 6.74. The predicted molar refractivity (Wildman–Crippen MR) is 102 cm³/mol. The fourth-order valence-electron chi connectivity index (χ4n) is 2.35. The van der Waals surface area contributed by atoms with Crippen LogP contribution >= 0.6 is 0 Å². The van der Waals surface area contributed by atoms with Crippen molar-refractivity contribution in [3.8, 4) is 22.7 Å². The van der Waals surface area contributed by atoms with Gasteiger partial charge in [-0.15, -0.1) is 5.54 Å². The molecule has 0 unspecified atom stereocenters. The number of fused-ring (bicyclic) bond motifs is 1. The van der Waals surface area contributed by atoms with E-state index in [0.29, 0.717) is 22.5 Å². The van der Waals surface area contributed by atoms with Crippen molar-refractivity contribution in [3.63, 3.8) is 0 Å². The van der Waals surface area contributed by atoms with Gasteiger partial charge in [-0.05, 0) is 18.2 Å². The fourth-order valence-corrected chi connectivity index (χ4v) is 2.85. The summed E-state index contributed by atoms with van der Waals surface area (Å²) in [6, 6.07) is 12.2. The van der Waals surface area contributed by atoms with Gasteiger partial charge in [0.25, 0.3) is 5.69 Å². The molecular formula is C19H17N3O2Si. The number of pyridine rings is 2. The van der Waals surface area contributed by atoms with E-state index in [1.165, 1.54) is 12.1 Å². The molecule has 0 atom stereocenters. The number of nitro groups is 1. The van der Waals surface area contributed by atoms with E-state index in [4.69, 9.17) is 0 Å². The van der Waals surface area contributed by atoms with Crippen LogP contribution in [0.3, 0.4) is 0 Å². The zero-order valence-electron chi connectivity index (χ0n) is 14.3. The highest BCUT2D eigenvalue weighted by molar-refractivity contribution is 6.83. The number of hydrogen-bond acceptors (Lipinski definition) is 4. The molecule has 0 saturated carbocycles. The van der Waals surface area contributed by atoms with Crippen LogP contribution in [0.25, 0.3) is 22.2 Å². The molecule has 124 valence electrons. The first-order valence-electron chi connectivity index (χ1n) is 7.87. The Bertz CT molecular complexity index is 1030. The molecule has 0 fully saturated rings. The summed E-state index contributed by atoms with van der Waals surface area (Å²) in [7, 11) is -1.50. The summed E-state index contributed by atoms with van der Waals surface area (Å²) in [6.07, 6.45) is 1.69. The van der Waals surface area contributed by atoms with Crippen molar-refractivity contribution in [2.45, 2.75) is 19.6 Å². The maximum absolute atomic E-state index is 11.0. The summed E-state index contributed by atoms with van der Waals surface area (Å²) in [5.74, 6) is 3.15. The number of hydrogen-bond donors (Lipinski definition) is 0. The molecule has 2 heterocycles. The van der Waals surface area contributed by atoms with Crippen molar-refractivity contribution >= 4 is 24.7 Å². The minimum Gasteiger partial charge on any atom is -0.258 e. The number of nitro benzene ring substituents is 1. The van der Waals surface area contributed by atoms with Crippen LogP contribution in [-0.2, 0) is 0 Å². The smallest absolute Gasteiger partial charge is 0.258 e. The molecule has 3 rings (SSSR count). The molecule has 0 spiro atoms. The van der Waals surface area contributed by atoms with Crippen LogP contribution in [0.4, 0.5) is 5.69 Å². The number of benzene rings is 1. The second kappa shape index (κ2) is 6.46. The quantitative estimate of drug-likeness (QED) is 0.297. The Labute approximate surface area is 146 Å². The molecule has 0 bridgehead atoms. The highest BCUT2D eigenvalue weighted by Crippen LogP contribution is 2.27. The Kier molecular flexibility index (Phi) is 4.34. The van der Waals surface area contributed by atoms with Gasteiger partial charge in [0, 0.05) is 29.3 Å². The normalized spacial score (nSPS) is 11.0. The molecule has 0 saturated heterocycles. The Morgan fingerprint density at radius 3 is 2.64 bits per heavy atom. The monoisotopic (exact) mass is 347 g/mol. The van der Waals surface area contributed by atoms with E-state index < -0.39 is 13.0 Å². The van der Waals surface area contributed by atoms with Crippen LogP contribution in [0, 0.1) is 21.6 Å². The number of rotatable bonds is 2. The molecule has 2 aromatic heterocycles. The third-order valence-corrected chi connectivity index (χ3v) is 4.38. The average molecular weight is 347 g/mol. The number of aromatic nitrogens is 2. The summed E-state index contributed by atoms with van der Waals surface area (Å²) >= 11 is 0. The van der Waals surface area contributed by atoms with Gasteiger partial charge >= 0.3 is 0 Å². The van der Waals surface area contributed by atoms with Crippen molar-refractivity contribution in [1.82, 2.24) is 9.97 Å². The highest BCUT2D eigenvalue weighted by atomic mass is 28.3. The molecule has 5 nitrogen and oxygen atoms in total. The van der Waals surface area contributed by atoms with Crippen LogP contribution < -0.4 is 0 Å². The fraction of sp³-hybridized carbons (Fsp3) is 0.158. The molecule has 25 heavy (non-hydrogen) atoms. The molecule has 0 aliphatic heterocycles. The van der Waals surface area contributed by atoms with Crippen LogP contribution in [0.5, 0.6) is 0 Å². The molecule has 0 aliphatic carbocycles. The van der Waals surface area contributed by atoms with E-state index in [9.17, 15) is 10.1 Å². The standard InChI is InChI=1S/C19H17N3O2Si/c1-25(2,3)12-10-16-8-7-14-9-11-20-18(19(14)21-16)15-5-4-6-17(13-15)22(23)24/h4-9,11,13H,1-3H3. The molecule has 3 aromatic rings. The predicted octanol–water partition coefficient (Wildman–Crippen LogP) is 4.43. The lowest BCUT2D eigenvalue weighted by Crippen LogP contribution is -2.16. The minimum absolute atomic E-state index is 0.0333. The third-order valence-electron chi connectivity index (χ3n) is 3.50. The second-order valence-corrected chi connectivity index (χ2v) is 11.5. The summed E-state index contributed by atoms with van der Waals surface area (Å²) in [4.78, 5) is 19.7. The van der Waals surface area contributed by atoms with Gasteiger partial charge in [0.05, 0.1) is 16.1 Å². The summed E-state index contributed by atoms with van der Waals surface area (Å²) in [6.45, 7) is 6.53. The van der Waals surface area contributed by atoms with Gasteiger partial charge in [0.15, 0.2) is 0 Å². The lowest BCUT2D eigenvalue weighted by Gasteiger charge is -2.06. The van der Waals surface area contributed by atoms with E-state index in [0.717, 1.165) is 5.39 Å². The Hall–Kier alpha value is -3.04. The highest BCUT2D eigenvalue weighted by Gasteiger charge is 2.12. The van der Waals surface area contributed by atoms with Crippen molar-refractivity contribution in [1.29, 1.82) is 0 Å². The first kappa shape index (κ1) is 16.8. The lowest BCUT2D eigenvalue weighted by atomic mass is 10.1. The first-order valence-corrected chi connectivity index (χ1v) is 11.4. The maximum Gasteiger partial charge on any atom is 0.270 e. The lowest BCUT2D eigenvalue weighted by molar-refractivity contribution is -0.384. The van der Waals surface area contributed by atoms with E-state index in [1.54, 1.807) is 18.3 Å². The third kappa shape index (κ3) is 3.90. The molecule has 6 heteroatoms. The zero-order valence-corrected chi connectivity index (χ0v) is 15.3. The molecule has 0 radical (unpaired) electrons. The number of non-ortho nitro benzene ring substituents is 1. The first-order chi connectivity index (χ1) is 11.8. The topological polar surface area (TPSA) is 68.9 Å². The van der Waals surface area contributed by atoms with E-state index >= 15 is 0 Å². The summed E-state index contributed by atoms with van der Waals surface area (Å²) in [5, 5.41) is 12.0. The Morgan fingerprint density at radius 1 is 1.12 bits per heavy atom. The van der Waals surface area contributed by atoms with Crippen molar-refractivity contribution < 1.29 is 4.92 Å². The molecule has 0 aliphatic rings. The van der Waals surface area contributed by atoms with Gasteiger partial charge in [-0.25, -0.2) is 4.98 Å². The van der Waals surface area contributed by atoms with Gasteiger partial charge in [-0.3, -0.25) is 15.1 Å². The maximum atomic E-state index is 11.0. The van der Waals surface area contributed by atoms with Gasteiger partial charge < -0.3 is 0 Å². The van der Waals surface area contributed by atoms with Crippen LogP contribution in [-0.4, -0.2) is 23.0 Å². The van der Waals surface area contributed by atoms with Crippen LogP contribution in [0.1, 0.15) is 5.69 Å². The molecule has 0 amide bonds. The van der Waals surface area contributed by atoms with Crippen molar-refractivity contribution in [3.05, 3.63) is 64.5 Å². The molecule has 1 aromatic carbocycles. The van der Waals surface area contributed by atoms with Gasteiger partial charge in [-0.2, -0.15) is 0 Å². The summed E-state index contributed by atoms with van der Waals surface area (Å²) < 4.78 is 0. The Morgan fingerprint density at radius 2 is 1.92 bits per heavy atom. The van der Waals surface area contributed by atoms with Crippen molar-refractivity contribution in [2.75, 3.05) is 0 Å². The van der Waals surface area contributed by atoms with Gasteiger partial charge in [-0.1, -0.05) is 37.7 Å². The average Bonchev–Trinajstić information content (AvgIpc) is 2.58. The van der Waals surface area contributed by atoms with Crippen molar-refractivity contribution in [2.24, 2.45) is 0 Å². The van der Waals surface area contributed by atoms with Gasteiger partial charge in [0.1, 0.15) is 13.8 Å². The van der Waals surface area contributed by atoms with E-state index in [2.05, 4.69) is 41.1 Å². The van der Waals surface area contributed by atoms with E-state index in [-0.39, 0.29) is 5.69 Å². The SMILES string of the molecule is C[Si](C)(C)C#Cc1ccc2ccnc(-c3cccc([N+](=O)[O-])c3)c2n1. The van der Waals surface area contributed by atoms with E-state index in [1.807, 2.05) is 18.2 Å². The minimum atomic E-state index is -1.50. The molecular weight excluding hydrogens is 330 g/mol. The van der Waals surface area contributed by atoms with Crippen LogP contribution in [0.15, 0.2) is 48.7 Å². The van der Waals surface area contributed by atoms with Crippen LogP contribution in [0.2, 0.25) is 19.6 Å². The Balaban J connectivity index is 2.17. The summed E-state index contributed by atoms with van der Waals surface area (Å²) in [5.41, 5.74) is 6.02. The number of nitrogens with zero attached hydrogens (tertiary/aromatic N) is 3. The largest absolute Gasteiger partial charge is 0.270 e. The van der Waals surface area contributed by atoms with Gasteiger partial charge in [0.2, 0.25) is 0 Å².